The van der Waals surface area contributed by atoms with Crippen molar-refractivity contribution in [2.75, 3.05) is 12.8 Å². The zero-order valence-electron chi connectivity index (χ0n) is 14.1. The van der Waals surface area contributed by atoms with Crippen molar-refractivity contribution in [1.82, 2.24) is 9.55 Å². The number of anilines is 1. The third kappa shape index (κ3) is 2.78. The number of nitrogens with two attached hydrogens (primary N) is 1. The molecule has 2 N–H and O–H groups in total. The summed E-state index contributed by atoms with van der Waals surface area (Å²) in [4.78, 5) is 17.8. The fourth-order valence-electron chi connectivity index (χ4n) is 2.84. The molecule has 0 amide bonds. The molecule has 3 rings (SSSR count). The minimum Gasteiger partial charge on any atom is -0.465 e. The highest BCUT2D eigenvalue weighted by molar-refractivity contribution is 7.16. The molecule has 0 unspecified atom stereocenters. The zero-order valence-corrected chi connectivity index (χ0v) is 14.9. The van der Waals surface area contributed by atoms with E-state index in [1.807, 2.05) is 6.07 Å². The Morgan fingerprint density at radius 1 is 1.33 bits per heavy atom. The molecule has 0 radical (unpaired) electrons. The van der Waals surface area contributed by atoms with Crippen molar-refractivity contribution in [2.24, 2.45) is 0 Å². The van der Waals surface area contributed by atoms with Crippen molar-refractivity contribution < 1.29 is 9.53 Å². The standard InChI is InChI=1S/C18H21N3O2S/c1-4-8-21-15-7-6-11(18(22)23-3)9-14(15)20-17(21)13-10-12(5-2)24-16(13)19/h6-7,9-10H,4-5,8,19H2,1-3H3. The van der Waals surface area contributed by atoms with Crippen LogP contribution in [-0.4, -0.2) is 22.6 Å². The summed E-state index contributed by atoms with van der Waals surface area (Å²) in [6.07, 6.45) is 1.94. The molecule has 0 bridgehead atoms. The maximum atomic E-state index is 11.8. The Morgan fingerprint density at radius 2 is 2.12 bits per heavy atom. The lowest BCUT2D eigenvalue weighted by Crippen LogP contribution is -2.02. The van der Waals surface area contributed by atoms with E-state index in [9.17, 15) is 4.79 Å². The number of rotatable bonds is 5. The smallest absolute Gasteiger partial charge is 0.337 e. The van der Waals surface area contributed by atoms with Gasteiger partial charge in [-0.05, 0) is 37.1 Å². The van der Waals surface area contributed by atoms with Gasteiger partial charge in [0.1, 0.15) is 5.82 Å². The number of aryl methyl sites for hydroxylation is 2. The number of ether oxygens (including phenoxy) is 1. The summed E-state index contributed by atoms with van der Waals surface area (Å²) in [5.74, 6) is 0.508. The van der Waals surface area contributed by atoms with Gasteiger partial charge in [0.15, 0.2) is 0 Å². The second-order valence-electron chi connectivity index (χ2n) is 5.63. The fourth-order valence-corrected chi connectivity index (χ4v) is 3.70. The Hall–Kier alpha value is -2.34. The number of fused-ring (bicyclic) bond motifs is 1. The second-order valence-corrected chi connectivity index (χ2v) is 6.79. The molecule has 0 saturated carbocycles. The summed E-state index contributed by atoms with van der Waals surface area (Å²) in [6, 6.07) is 7.60. The first-order valence-corrected chi connectivity index (χ1v) is 8.87. The first-order valence-electron chi connectivity index (χ1n) is 8.06. The first kappa shape index (κ1) is 16.5. The predicted molar refractivity (Wildman–Crippen MR) is 98.5 cm³/mol. The highest BCUT2D eigenvalue weighted by Crippen LogP contribution is 2.35. The number of aromatic nitrogens is 2. The lowest BCUT2D eigenvalue weighted by molar-refractivity contribution is 0.0601. The molecule has 0 aliphatic rings. The summed E-state index contributed by atoms with van der Waals surface area (Å²) in [5.41, 5.74) is 9.49. The number of thiophene rings is 1. The molecule has 3 aromatic rings. The molecule has 6 heteroatoms. The lowest BCUT2D eigenvalue weighted by atomic mass is 10.2. The molecule has 0 aliphatic heterocycles. The number of methoxy groups -OCH3 is 1. The minimum atomic E-state index is -0.355. The average Bonchev–Trinajstić information content (AvgIpc) is 3.14. The van der Waals surface area contributed by atoms with Crippen molar-refractivity contribution in [2.45, 2.75) is 33.2 Å². The molecule has 126 valence electrons. The normalized spacial score (nSPS) is 11.1. The van der Waals surface area contributed by atoms with E-state index >= 15 is 0 Å². The van der Waals surface area contributed by atoms with Crippen molar-refractivity contribution in [3.8, 4) is 11.4 Å². The third-order valence-corrected chi connectivity index (χ3v) is 5.13. The van der Waals surface area contributed by atoms with Gasteiger partial charge >= 0.3 is 5.97 Å². The van der Waals surface area contributed by atoms with Gasteiger partial charge in [-0.3, -0.25) is 0 Å². The number of benzene rings is 1. The van der Waals surface area contributed by atoms with E-state index in [1.165, 1.54) is 12.0 Å². The van der Waals surface area contributed by atoms with Crippen molar-refractivity contribution in [1.29, 1.82) is 0 Å². The van der Waals surface area contributed by atoms with Crippen molar-refractivity contribution in [3.05, 3.63) is 34.7 Å². The largest absolute Gasteiger partial charge is 0.465 e. The average molecular weight is 343 g/mol. The van der Waals surface area contributed by atoms with Crippen LogP contribution in [0.15, 0.2) is 24.3 Å². The van der Waals surface area contributed by atoms with Crippen LogP contribution in [0.1, 0.15) is 35.5 Å². The van der Waals surface area contributed by atoms with Crippen LogP contribution < -0.4 is 5.73 Å². The molecule has 0 atom stereocenters. The Labute approximate surface area is 145 Å². The number of nitrogen functional groups attached to an aromatic ring is 1. The van der Waals surface area contributed by atoms with Crippen LogP contribution in [0.5, 0.6) is 0 Å². The monoisotopic (exact) mass is 343 g/mol. The molecular weight excluding hydrogens is 322 g/mol. The van der Waals surface area contributed by atoms with Gasteiger partial charge in [0.25, 0.3) is 0 Å². The predicted octanol–water partition coefficient (Wildman–Crippen LogP) is 4.11. The van der Waals surface area contributed by atoms with Crippen LogP contribution in [0.25, 0.3) is 22.4 Å². The Morgan fingerprint density at radius 3 is 2.75 bits per heavy atom. The SMILES string of the molecule is CCCn1c(-c2cc(CC)sc2N)nc2cc(C(=O)OC)ccc21. The maximum absolute atomic E-state index is 11.8. The number of carbonyl (C=O) groups is 1. The zero-order chi connectivity index (χ0) is 17.3. The van der Waals surface area contributed by atoms with E-state index in [0.29, 0.717) is 5.56 Å². The molecule has 5 nitrogen and oxygen atoms in total. The number of esters is 1. The van der Waals surface area contributed by atoms with Gasteiger partial charge in [-0.2, -0.15) is 0 Å². The van der Waals surface area contributed by atoms with Crippen LogP contribution in [0.3, 0.4) is 0 Å². The quantitative estimate of drug-likeness (QED) is 0.708. The molecular formula is C18H21N3O2S. The summed E-state index contributed by atoms with van der Waals surface area (Å²) < 4.78 is 6.97. The van der Waals surface area contributed by atoms with Crippen molar-refractivity contribution in [3.63, 3.8) is 0 Å². The van der Waals surface area contributed by atoms with Gasteiger partial charge in [-0.25, -0.2) is 9.78 Å². The third-order valence-electron chi connectivity index (χ3n) is 4.02. The highest BCUT2D eigenvalue weighted by Gasteiger charge is 2.18. The van der Waals surface area contributed by atoms with Gasteiger partial charge in [-0.15, -0.1) is 11.3 Å². The Balaban J connectivity index is 2.20. The van der Waals surface area contributed by atoms with Crippen LogP contribution in [0, 0.1) is 0 Å². The van der Waals surface area contributed by atoms with E-state index in [0.717, 1.165) is 46.8 Å². The van der Waals surface area contributed by atoms with Gasteiger partial charge in [-0.1, -0.05) is 13.8 Å². The Bertz CT molecular complexity index is 895. The molecule has 24 heavy (non-hydrogen) atoms. The van der Waals surface area contributed by atoms with Gasteiger partial charge < -0.3 is 15.0 Å². The maximum Gasteiger partial charge on any atom is 0.337 e. The van der Waals surface area contributed by atoms with Gasteiger partial charge in [0.2, 0.25) is 0 Å². The Kier molecular flexibility index (Phi) is 4.57. The number of carbonyl (C=O) groups excluding carboxylic acids is 1. The van der Waals surface area contributed by atoms with Crippen LogP contribution in [0.2, 0.25) is 0 Å². The molecule has 2 heterocycles. The summed E-state index contributed by atoms with van der Waals surface area (Å²) in [6.45, 7) is 5.10. The summed E-state index contributed by atoms with van der Waals surface area (Å²) in [7, 11) is 1.38. The minimum absolute atomic E-state index is 0.355. The van der Waals surface area contributed by atoms with E-state index in [4.69, 9.17) is 15.5 Å². The van der Waals surface area contributed by atoms with Gasteiger partial charge in [0, 0.05) is 11.4 Å². The summed E-state index contributed by atoms with van der Waals surface area (Å²) in [5, 5.41) is 0.785. The highest BCUT2D eigenvalue weighted by atomic mass is 32.1. The number of hydrogen-bond acceptors (Lipinski definition) is 5. The lowest BCUT2D eigenvalue weighted by Gasteiger charge is -2.07. The number of nitrogens with zero attached hydrogens (tertiary/aromatic N) is 2. The second kappa shape index (κ2) is 6.65. The fraction of sp³-hybridized carbons (Fsp3) is 0.333. The van der Waals surface area contributed by atoms with E-state index in [-0.39, 0.29) is 5.97 Å². The molecule has 0 fully saturated rings. The van der Waals surface area contributed by atoms with Gasteiger partial charge in [0.05, 0.1) is 34.3 Å². The summed E-state index contributed by atoms with van der Waals surface area (Å²) >= 11 is 1.61. The van der Waals surface area contributed by atoms with Crippen molar-refractivity contribution >= 4 is 33.3 Å². The van der Waals surface area contributed by atoms with E-state index in [2.05, 4.69) is 24.5 Å². The van der Waals surface area contributed by atoms with E-state index < -0.39 is 0 Å². The molecule has 0 saturated heterocycles. The number of imidazole rings is 1. The molecule has 1 aromatic carbocycles. The van der Waals surface area contributed by atoms with Crippen LogP contribution in [-0.2, 0) is 17.7 Å². The molecule has 0 spiro atoms. The van der Waals surface area contributed by atoms with Crippen LogP contribution in [0.4, 0.5) is 5.00 Å². The topological polar surface area (TPSA) is 70.1 Å². The first-order chi connectivity index (χ1) is 11.6. The van der Waals surface area contributed by atoms with Crippen LogP contribution >= 0.6 is 11.3 Å². The number of hydrogen-bond donors (Lipinski definition) is 1. The molecule has 2 aromatic heterocycles. The van der Waals surface area contributed by atoms with E-state index in [1.54, 1.807) is 23.5 Å². The molecule has 0 aliphatic carbocycles.